The smallest absolute Gasteiger partial charge is 0.265 e. The molecular formula is C16H16N2O2. The van der Waals surface area contributed by atoms with Gasteiger partial charge in [0.15, 0.2) is 0 Å². The Balaban J connectivity index is 1.82. The van der Waals surface area contributed by atoms with Gasteiger partial charge in [-0.25, -0.2) is 5.43 Å². The van der Waals surface area contributed by atoms with E-state index in [1.165, 1.54) is 0 Å². The van der Waals surface area contributed by atoms with Gasteiger partial charge >= 0.3 is 0 Å². The number of hydrogen-bond donors (Lipinski definition) is 3. The van der Waals surface area contributed by atoms with E-state index < -0.39 is 6.23 Å². The highest BCUT2D eigenvalue weighted by Crippen LogP contribution is 2.01. The van der Waals surface area contributed by atoms with Crippen molar-refractivity contribution < 1.29 is 9.90 Å². The van der Waals surface area contributed by atoms with Crippen molar-refractivity contribution in [3.05, 3.63) is 77.9 Å². The average molecular weight is 268 g/mol. The molecule has 0 bridgehead atoms. The third-order valence-corrected chi connectivity index (χ3v) is 2.64. The van der Waals surface area contributed by atoms with Crippen molar-refractivity contribution in [2.45, 2.75) is 6.23 Å². The minimum atomic E-state index is -0.956. The van der Waals surface area contributed by atoms with Crippen LogP contribution in [0.25, 0.3) is 6.08 Å². The minimum absolute atomic E-state index is 0.294. The van der Waals surface area contributed by atoms with Gasteiger partial charge in [-0.2, -0.15) is 0 Å². The first-order valence-corrected chi connectivity index (χ1v) is 6.28. The molecule has 4 nitrogen and oxygen atoms in total. The molecule has 2 rings (SSSR count). The normalized spacial score (nSPS) is 12.2. The molecule has 0 aliphatic carbocycles. The van der Waals surface area contributed by atoms with Crippen LogP contribution in [0.3, 0.4) is 0 Å². The quantitative estimate of drug-likeness (QED) is 0.574. The fourth-order valence-corrected chi connectivity index (χ4v) is 1.62. The van der Waals surface area contributed by atoms with Crippen molar-refractivity contribution in [3.8, 4) is 0 Å². The summed E-state index contributed by atoms with van der Waals surface area (Å²) >= 11 is 0. The Bertz CT molecular complexity index is 568. The van der Waals surface area contributed by atoms with Gasteiger partial charge < -0.3 is 5.11 Å². The van der Waals surface area contributed by atoms with Crippen LogP contribution in [-0.2, 0) is 0 Å². The highest BCUT2D eigenvalue weighted by atomic mass is 16.3. The van der Waals surface area contributed by atoms with Crippen LogP contribution in [0, 0.1) is 0 Å². The molecule has 2 aromatic rings. The maximum Gasteiger partial charge on any atom is 0.265 e. The van der Waals surface area contributed by atoms with E-state index in [1.807, 2.05) is 36.4 Å². The monoisotopic (exact) mass is 268 g/mol. The zero-order chi connectivity index (χ0) is 14.2. The summed E-state index contributed by atoms with van der Waals surface area (Å²) in [4.78, 5) is 11.7. The van der Waals surface area contributed by atoms with Crippen LogP contribution in [0.2, 0.25) is 0 Å². The lowest BCUT2D eigenvalue weighted by atomic mass is 10.2. The van der Waals surface area contributed by atoms with Gasteiger partial charge in [0.1, 0.15) is 6.23 Å². The number of hydrazine groups is 1. The number of carbonyl (C=O) groups is 1. The SMILES string of the molecule is O=C(NNC(O)/C=C/c1ccccc1)c1ccccc1. The molecule has 1 atom stereocenters. The molecule has 0 saturated heterocycles. The molecule has 2 aromatic carbocycles. The summed E-state index contributed by atoms with van der Waals surface area (Å²) in [6.45, 7) is 0. The van der Waals surface area contributed by atoms with Crippen LogP contribution in [0.1, 0.15) is 15.9 Å². The number of aliphatic hydroxyl groups excluding tert-OH is 1. The van der Waals surface area contributed by atoms with Crippen LogP contribution < -0.4 is 10.9 Å². The lowest BCUT2D eigenvalue weighted by molar-refractivity contribution is 0.0870. The third-order valence-electron chi connectivity index (χ3n) is 2.64. The molecule has 4 heteroatoms. The van der Waals surface area contributed by atoms with E-state index in [9.17, 15) is 9.90 Å². The van der Waals surface area contributed by atoms with Crippen molar-refractivity contribution >= 4 is 12.0 Å². The first-order chi connectivity index (χ1) is 9.75. The average Bonchev–Trinajstić information content (AvgIpc) is 2.52. The van der Waals surface area contributed by atoms with Crippen molar-refractivity contribution in [2.24, 2.45) is 0 Å². The van der Waals surface area contributed by atoms with Crippen LogP contribution >= 0.6 is 0 Å². The number of amides is 1. The Labute approximate surface area is 117 Å². The predicted octanol–water partition coefficient (Wildman–Crippen LogP) is 1.95. The van der Waals surface area contributed by atoms with Gasteiger partial charge in [-0.1, -0.05) is 54.6 Å². The minimum Gasteiger partial charge on any atom is -0.373 e. The number of hydrogen-bond acceptors (Lipinski definition) is 3. The summed E-state index contributed by atoms with van der Waals surface area (Å²) in [5.74, 6) is -0.294. The van der Waals surface area contributed by atoms with Gasteiger partial charge in [0, 0.05) is 5.56 Å². The Kier molecular flexibility index (Phi) is 5.06. The first-order valence-electron chi connectivity index (χ1n) is 6.28. The molecule has 0 heterocycles. The van der Waals surface area contributed by atoms with Gasteiger partial charge in [0.05, 0.1) is 0 Å². The summed E-state index contributed by atoms with van der Waals surface area (Å²) in [6.07, 6.45) is 2.37. The van der Waals surface area contributed by atoms with E-state index in [0.29, 0.717) is 5.56 Å². The Morgan fingerprint density at radius 2 is 1.60 bits per heavy atom. The van der Waals surface area contributed by atoms with Crippen molar-refractivity contribution in [1.29, 1.82) is 0 Å². The maximum absolute atomic E-state index is 11.7. The lowest BCUT2D eigenvalue weighted by Gasteiger charge is -2.10. The first kappa shape index (κ1) is 14.0. The number of benzene rings is 2. The molecule has 3 N–H and O–H groups in total. The number of rotatable bonds is 5. The fraction of sp³-hybridized carbons (Fsp3) is 0.0625. The van der Waals surface area contributed by atoms with E-state index in [4.69, 9.17) is 0 Å². The number of nitrogens with one attached hydrogen (secondary N) is 2. The topological polar surface area (TPSA) is 61.4 Å². The van der Waals surface area contributed by atoms with Gasteiger partial charge in [-0.3, -0.25) is 10.2 Å². The molecule has 1 amide bonds. The predicted molar refractivity (Wildman–Crippen MR) is 78.5 cm³/mol. The van der Waals surface area contributed by atoms with E-state index in [1.54, 1.807) is 36.4 Å². The summed E-state index contributed by atoms with van der Waals surface area (Å²) < 4.78 is 0. The van der Waals surface area contributed by atoms with Crippen LogP contribution in [0.15, 0.2) is 66.7 Å². The van der Waals surface area contributed by atoms with Crippen molar-refractivity contribution in [3.63, 3.8) is 0 Å². The van der Waals surface area contributed by atoms with Crippen LogP contribution in [0.5, 0.6) is 0 Å². The summed E-state index contributed by atoms with van der Waals surface area (Å²) in [6, 6.07) is 18.4. The molecule has 0 aliphatic heterocycles. The van der Waals surface area contributed by atoms with Gasteiger partial charge in [0.2, 0.25) is 0 Å². The van der Waals surface area contributed by atoms with E-state index in [2.05, 4.69) is 10.9 Å². The molecule has 0 aliphatic rings. The summed E-state index contributed by atoms with van der Waals surface area (Å²) in [5, 5.41) is 9.69. The van der Waals surface area contributed by atoms with Gasteiger partial charge in [-0.05, 0) is 23.8 Å². The highest BCUT2D eigenvalue weighted by molar-refractivity contribution is 5.93. The Morgan fingerprint density at radius 3 is 2.25 bits per heavy atom. The molecule has 0 radical (unpaired) electrons. The van der Waals surface area contributed by atoms with E-state index >= 15 is 0 Å². The van der Waals surface area contributed by atoms with Crippen molar-refractivity contribution in [1.82, 2.24) is 10.9 Å². The molecule has 0 fully saturated rings. The molecule has 0 aromatic heterocycles. The zero-order valence-corrected chi connectivity index (χ0v) is 10.9. The second-order valence-electron chi connectivity index (χ2n) is 4.18. The summed E-state index contributed by atoms with van der Waals surface area (Å²) in [7, 11) is 0. The standard InChI is InChI=1S/C16H16N2O2/c19-15(12-11-13-7-3-1-4-8-13)17-18-16(20)14-9-5-2-6-10-14/h1-12,15,17,19H,(H,18,20)/b12-11+. The molecule has 0 saturated carbocycles. The second kappa shape index (κ2) is 7.23. The largest absolute Gasteiger partial charge is 0.373 e. The molecule has 0 spiro atoms. The fourth-order valence-electron chi connectivity index (χ4n) is 1.62. The second-order valence-corrected chi connectivity index (χ2v) is 4.18. The van der Waals surface area contributed by atoms with E-state index in [0.717, 1.165) is 5.56 Å². The zero-order valence-electron chi connectivity index (χ0n) is 10.9. The number of aliphatic hydroxyl groups is 1. The lowest BCUT2D eigenvalue weighted by Crippen LogP contribution is -2.43. The molecule has 20 heavy (non-hydrogen) atoms. The van der Waals surface area contributed by atoms with Crippen LogP contribution in [0.4, 0.5) is 0 Å². The molecule has 1 unspecified atom stereocenters. The van der Waals surface area contributed by atoms with Crippen LogP contribution in [-0.4, -0.2) is 17.2 Å². The van der Waals surface area contributed by atoms with Gasteiger partial charge in [-0.15, -0.1) is 0 Å². The number of carbonyl (C=O) groups excluding carboxylic acids is 1. The highest BCUT2D eigenvalue weighted by Gasteiger charge is 2.05. The van der Waals surface area contributed by atoms with E-state index in [-0.39, 0.29) is 5.91 Å². The third kappa shape index (κ3) is 4.35. The van der Waals surface area contributed by atoms with Gasteiger partial charge in [0.25, 0.3) is 5.91 Å². The molecule has 102 valence electrons. The summed E-state index contributed by atoms with van der Waals surface area (Å²) in [5.41, 5.74) is 6.47. The maximum atomic E-state index is 11.7. The molecular weight excluding hydrogens is 252 g/mol. The Morgan fingerprint density at radius 1 is 1.00 bits per heavy atom. The van der Waals surface area contributed by atoms with Crippen molar-refractivity contribution in [2.75, 3.05) is 0 Å². The Hall–Kier alpha value is -2.43.